The molecule has 0 saturated carbocycles. The summed E-state index contributed by atoms with van der Waals surface area (Å²) < 4.78 is 0. The van der Waals surface area contributed by atoms with Gasteiger partial charge in [0.05, 0.1) is 5.92 Å². The number of rotatable bonds is 9. The molecule has 3 N–H and O–H groups in total. The van der Waals surface area contributed by atoms with Crippen molar-refractivity contribution >= 4 is 11.9 Å². The second kappa shape index (κ2) is 7.87. The van der Waals surface area contributed by atoms with Crippen LogP contribution >= 0.6 is 0 Å². The molecule has 0 rings (SSSR count). The van der Waals surface area contributed by atoms with Gasteiger partial charge in [-0.05, 0) is 12.8 Å². The zero-order valence-corrected chi connectivity index (χ0v) is 9.19. The van der Waals surface area contributed by atoms with Gasteiger partial charge in [0.2, 0.25) is 0 Å². The Kier molecular flexibility index (Phi) is 7.20. The first-order valence-corrected chi connectivity index (χ1v) is 5.26. The summed E-state index contributed by atoms with van der Waals surface area (Å²) >= 11 is 0. The van der Waals surface area contributed by atoms with E-state index in [0.717, 1.165) is 12.8 Å². The van der Waals surface area contributed by atoms with Gasteiger partial charge in [0.15, 0.2) is 0 Å². The Labute approximate surface area is 94.4 Å². The number of hydrogen-bond acceptors (Lipinski definition) is 3. The van der Waals surface area contributed by atoms with Crippen molar-refractivity contribution in [2.45, 2.75) is 32.1 Å². The number of hydrogen-bond donors (Lipinski definition) is 3. The maximum Gasteiger partial charge on any atom is 0.331 e. The number of aliphatic carboxylic acids is 2. The molecule has 16 heavy (non-hydrogen) atoms. The summed E-state index contributed by atoms with van der Waals surface area (Å²) in [6.07, 6.45) is 3.21. The fourth-order valence-electron chi connectivity index (χ4n) is 1.41. The van der Waals surface area contributed by atoms with Gasteiger partial charge in [0.25, 0.3) is 0 Å². The van der Waals surface area contributed by atoms with Gasteiger partial charge in [-0.1, -0.05) is 25.8 Å². The number of unbranched alkanes of at least 4 members (excludes halogenated alkanes) is 3. The lowest BCUT2D eigenvalue weighted by Crippen LogP contribution is -2.20. The average molecular weight is 230 g/mol. The third-order valence-corrected chi connectivity index (χ3v) is 2.39. The predicted octanol–water partition coefficient (Wildman–Crippen LogP) is 1.27. The smallest absolute Gasteiger partial charge is 0.331 e. The summed E-state index contributed by atoms with van der Waals surface area (Å²) in [5, 5.41) is 26.0. The van der Waals surface area contributed by atoms with Crippen molar-refractivity contribution in [2.24, 2.45) is 5.92 Å². The second-order valence-electron chi connectivity index (χ2n) is 3.65. The largest absolute Gasteiger partial charge is 0.481 e. The molecule has 0 saturated heterocycles. The second-order valence-corrected chi connectivity index (χ2v) is 3.65. The van der Waals surface area contributed by atoms with Gasteiger partial charge in [-0.3, -0.25) is 4.79 Å². The SMILES string of the molecule is C=C(C(=O)O)C(CCCCCCO)C(=O)O. The van der Waals surface area contributed by atoms with Crippen molar-refractivity contribution in [1.82, 2.24) is 0 Å². The molecule has 0 aliphatic carbocycles. The molecule has 5 heteroatoms. The normalized spacial score (nSPS) is 12.1. The molecule has 0 aromatic heterocycles. The molecule has 0 aliphatic rings. The van der Waals surface area contributed by atoms with E-state index >= 15 is 0 Å². The van der Waals surface area contributed by atoms with Crippen LogP contribution in [0.5, 0.6) is 0 Å². The minimum Gasteiger partial charge on any atom is -0.481 e. The van der Waals surface area contributed by atoms with Crippen LogP contribution in [0.25, 0.3) is 0 Å². The molecule has 0 spiro atoms. The summed E-state index contributed by atoms with van der Waals surface area (Å²) in [7, 11) is 0. The molecule has 0 amide bonds. The fraction of sp³-hybridized carbons (Fsp3) is 0.636. The molecule has 0 bridgehead atoms. The van der Waals surface area contributed by atoms with E-state index in [0.29, 0.717) is 12.8 Å². The van der Waals surface area contributed by atoms with E-state index in [2.05, 4.69) is 6.58 Å². The van der Waals surface area contributed by atoms with Gasteiger partial charge in [-0.15, -0.1) is 0 Å². The predicted molar refractivity (Wildman–Crippen MR) is 58.1 cm³/mol. The van der Waals surface area contributed by atoms with E-state index < -0.39 is 17.9 Å². The van der Waals surface area contributed by atoms with E-state index in [-0.39, 0.29) is 18.6 Å². The van der Waals surface area contributed by atoms with Gasteiger partial charge in [-0.2, -0.15) is 0 Å². The Morgan fingerprint density at radius 2 is 1.62 bits per heavy atom. The molecule has 0 radical (unpaired) electrons. The van der Waals surface area contributed by atoms with Crippen LogP contribution in [0.15, 0.2) is 12.2 Å². The van der Waals surface area contributed by atoms with Crippen molar-refractivity contribution in [2.75, 3.05) is 6.61 Å². The van der Waals surface area contributed by atoms with Gasteiger partial charge in [0.1, 0.15) is 0 Å². The van der Waals surface area contributed by atoms with Gasteiger partial charge in [-0.25, -0.2) is 4.79 Å². The van der Waals surface area contributed by atoms with E-state index in [1.165, 1.54) is 0 Å². The van der Waals surface area contributed by atoms with Crippen LogP contribution in [0.1, 0.15) is 32.1 Å². The standard InChI is InChI=1S/C11H18O5/c1-8(10(13)14)9(11(15)16)6-4-2-3-5-7-12/h9,12H,1-7H2,(H,13,14)(H,15,16). The molecule has 92 valence electrons. The van der Waals surface area contributed by atoms with Crippen molar-refractivity contribution in [3.05, 3.63) is 12.2 Å². The van der Waals surface area contributed by atoms with Crippen molar-refractivity contribution in [3.8, 4) is 0 Å². The molecule has 5 nitrogen and oxygen atoms in total. The maximum atomic E-state index is 10.8. The van der Waals surface area contributed by atoms with Crippen LogP contribution < -0.4 is 0 Å². The highest BCUT2D eigenvalue weighted by atomic mass is 16.4. The highest BCUT2D eigenvalue weighted by molar-refractivity contribution is 5.93. The summed E-state index contributed by atoms with van der Waals surface area (Å²) in [5.74, 6) is -3.41. The van der Waals surface area contributed by atoms with Gasteiger partial charge >= 0.3 is 11.9 Å². The fourth-order valence-corrected chi connectivity index (χ4v) is 1.41. The third-order valence-electron chi connectivity index (χ3n) is 2.39. The van der Waals surface area contributed by atoms with Gasteiger partial charge < -0.3 is 15.3 Å². The highest BCUT2D eigenvalue weighted by Gasteiger charge is 2.24. The van der Waals surface area contributed by atoms with E-state index in [9.17, 15) is 9.59 Å². The molecule has 0 heterocycles. The van der Waals surface area contributed by atoms with E-state index in [1.807, 2.05) is 0 Å². The summed E-state index contributed by atoms with van der Waals surface area (Å²) in [4.78, 5) is 21.4. The number of aliphatic hydroxyl groups is 1. The molecule has 0 aromatic rings. The first kappa shape index (κ1) is 14.6. The Balaban J connectivity index is 4.01. The van der Waals surface area contributed by atoms with Crippen LogP contribution in [0.3, 0.4) is 0 Å². The molecule has 1 atom stereocenters. The third kappa shape index (κ3) is 5.50. The number of carboxylic acid groups (broad SMARTS) is 2. The topological polar surface area (TPSA) is 94.8 Å². The lowest BCUT2D eigenvalue weighted by molar-refractivity contribution is -0.144. The van der Waals surface area contributed by atoms with Crippen LogP contribution in [0, 0.1) is 5.92 Å². The minimum absolute atomic E-state index is 0.129. The van der Waals surface area contributed by atoms with E-state index in [4.69, 9.17) is 15.3 Å². The van der Waals surface area contributed by atoms with Crippen molar-refractivity contribution in [1.29, 1.82) is 0 Å². The number of carbonyl (C=O) groups is 2. The Hall–Kier alpha value is -1.36. The maximum absolute atomic E-state index is 10.8. The first-order chi connectivity index (χ1) is 7.50. The number of aliphatic hydroxyl groups excluding tert-OH is 1. The monoisotopic (exact) mass is 230 g/mol. The van der Waals surface area contributed by atoms with Crippen LogP contribution in [0.4, 0.5) is 0 Å². The lowest BCUT2D eigenvalue weighted by Gasteiger charge is -2.11. The molecule has 1 unspecified atom stereocenters. The first-order valence-electron chi connectivity index (χ1n) is 5.26. The summed E-state index contributed by atoms with van der Waals surface area (Å²) in [6, 6.07) is 0. The van der Waals surface area contributed by atoms with Crippen molar-refractivity contribution in [3.63, 3.8) is 0 Å². The van der Waals surface area contributed by atoms with Crippen LogP contribution in [-0.2, 0) is 9.59 Å². The Morgan fingerprint density at radius 1 is 1.06 bits per heavy atom. The quantitative estimate of drug-likeness (QED) is 0.409. The molecule has 0 aliphatic heterocycles. The van der Waals surface area contributed by atoms with Crippen LogP contribution in [-0.4, -0.2) is 33.9 Å². The van der Waals surface area contributed by atoms with Gasteiger partial charge in [0, 0.05) is 12.2 Å². The van der Waals surface area contributed by atoms with Crippen molar-refractivity contribution < 1.29 is 24.9 Å². The molecular formula is C11H18O5. The zero-order valence-electron chi connectivity index (χ0n) is 9.19. The molecule has 0 fully saturated rings. The number of carboxylic acids is 2. The average Bonchev–Trinajstić information content (AvgIpc) is 2.21. The Morgan fingerprint density at radius 3 is 2.06 bits per heavy atom. The summed E-state index contributed by atoms with van der Waals surface area (Å²) in [6.45, 7) is 3.40. The minimum atomic E-state index is -1.26. The molecular weight excluding hydrogens is 212 g/mol. The van der Waals surface area contributed by atoms with E-state index in [1.54, 1.807) is 0 Å². The highest BCUT2D eigenvalue weighted by Crippen LogP contribution is 2.18. The lowest BCUT2D eigenvalue weighted by atomic mass is 9.94. The Bertz CT molecular complexity index is 259. The summed E-state index contributed by atoms with van der Waals surface area (Å²) in [5.41, 5.74) is -0.269. The zero-order chi connectivity index (χ0) is 12.6. The molecule has 0 aromatic carbocycles. The van der Waals surface area contributed by atoms with Crippen LogP contribution in [0.2, 0.25) is 0 Å².